The first kappa shape index (κ1) is 12.7. The fourth-order valence-electron chi connectivity index (χ4n) is 1.57. The van der Waals surface area contributed by atoms with Gasteiger partial charge in [0.2, 0.25) is 9.84 Å². The number of aryl methyl sites for hydroxylation is 1. The van der Waals surface area contributed by atoms with Crippen LogP contribution >= 0.6 is 11.6 Å². The number of hydrogen-bond donors (Lipinski definition) is 3. The summed E-state index contributed by atoms with van der Waals surface area (Å²) in [5.41, 5.74) is 11.8. The molecule has 1 aromatic heterocycles. The van der Waals surface area contributed by atoms with Gasteiger partial charge in [0.05, 0.1) is 21.3 Å². The number of nitrogens with zero attached hydrogens (tertiary/aromatic N) is 1. The molecular formula is C10H11ClN4O2S. The van der Waals surface area contributed by atoms with E-state index in [0.717, 1.165) is 0 Å². The first-order chi connectivity index (χ1) is 8.34. The highest BCUT2D eigenvalue weighted by Gasteiger charge is 2.25. The van der Waals surface area contributed by atoms with Crippen LogP contribution < -0.4 is 11.5 Å². The predicted molar refractivity (Wildman–Crippen MR) is 69.1 cm³/mol. The van der Waals surface area contributed by atoms with Crippen LogP contribution in [-0.2, 0) is 9.84 Å². The molecule has 18 heavy (non-hydrogen) atoms. The topological polar surface area (TPSA) is 115 Å². The summed E-state index contributed by atoms with van der Waals surface area (Å²) in [7, 11) is -3.76. The molecular weight excluding hydrogens is 276 g/mol. The van der Waals surface area contributed by atoms with Crippen molar-refractivity contribution in [3.63, 3.8) is 0 Å². The lowest BCUT2D eigenvalue weighted by Crippen LogP contribution is -2.06. The third-order valence-corrected chi connectivity index (χ3v) is 4.72. The number of halogens is 1. The van der Waals surface area contributed by atoms with Gasteiger partial charge in [-0.05, 0) is 25.1 Å². The van der Waals surface area contributed by atoms with Gasteiger partial charge in [-0.25, -0.2) is 8.42 Å². The van der Waals surface area contributed by atoms with E-state index in [9.17, 15) is 8.42 Å². The Hall–Kier alpha value is -1.73. The Bertz CT molecular complexity index is 689. The lowest BCUT2D eigenvalue weighted by molar-refractivity contribution is 0.596. The Labute approximate surface area is 109 Å². The summed E-state index contributed by atoms with van der Waals surface area (Å²) in [5.74, 6) is -0.0690. The number of H-pyrrole nitrogens is 1. The third kappa shape index (κ3) is 1.91. The summed E-state index contributed by atoms with van der Waals surface area (Å²) in [6, 6.07) is 4.10. The number of nitrogens with one attached hydrogen (secondary N) is 1. The number of rotatable bonds is 2. The molecule has 0 amide bonds. The Morgan fingerprint density at radius 2 is 2.00 bits per heavy atom. The zero-order valence-electron chi connectivity index (χ0n) is 9.44. The molecule has 0 fully saturated rings. The molecule has 96 valence electrons. The first-order valence-corrected chi connectivity index (χ1v) is 6.80. The van der Waals surface area contributed by atoms with E-state index in [2.05, 4.69) is 10.2 Å². The molecule has 0 spiro atoms. The van der Waals surface area contributed by atoms with E-state index in [-0.39, 0.29) is 20.6 Å². The molecule has 6 nitrogen and oxygen atoms in total. The molecule has 0 aliphatic rings. The van der Waals surface area contributed by atoms with Gasteiger partial charge < -0.3 is 11.5 Å². The number of sulfone groups is 1. The van der Waals surface area contributed by atoms with Gasteiger partial charge in [-0.2, -0.15) is 5.10 Å². The summed E-state index contributed by atoms with van der Waals surface area (Å²) in [6.07, 6.45) is 0. The second kappa shape index (κ2) is 4.18. The van der Waals surface area contributed by atoms with Crippen LogP contribution in [0.25, 0.3) is 0 Å². The highest BCUT2D eigenvalue weighted by Crippen LogP contribution is 2.30. The minimum absolute atomic E-state index is 0.0258. The molecule has 5 N–H and O–H groups in total. The monoisotopic (exact) mass is 286 g/mol. The lowest BCUT2D eigenvalue weighted by atomic mass is 10.3. The van der Waals surface area contributed by atoms with Gasteiger partial charge in [0, 0.05) is 0 Å². The fourth-order valence-corrected chi connectivity index (χ4v) is 3.34. The number of nitrogens with two attached hydrogens (primary N) is 2. The van der Waals surface area contributed by atoms with Crippen molar-refractivity contribution in [2.75, 3.05) is 11.5 Å². The summed E-state index contributed by atoms with van der Waals surface area (Å²) >= 11 is 5.82. The van der Waals surface area contributed by atoms with E-state index in [1.807, 2.05) is 0 Å². The van der Waals surface area contributed by atoms with Gasteiger partial charge in [-0.1, -0.05) is 11.6 Å². The van der Waals surface area contributed by atoms with Gasteiger partial charge in [0.1, 0.15) is 4.90 Å². The van der Waals surface area contributed by atoms with Gasteiger partial charge in [-0.3, -0.25) is 5.10 Å². The first-order valence-electron chi connectivity index (χ1n) is 4.94. The third-order valence-electron chi connectivity index (χ3n) is 2.47. The van der Waals surface area contributed by atoms with Crippen LogP contribution in [0, 0.1) is 6.92 Å². The zero-order chi connectivity index (χ0) is 13.5. The number of nitrogen functional groups attached to an aromatic ring is 2. The van der Waals surface area contributed by atoms with Gasteiger partial charge in [0.15, 0.2) is 5.82 Å². The van der Waals surface area contributed by atoms with E-state index < -0.39 is 9.84 Å². The SMILES string of the molecule is Cc1[nH]nc(N)c1S(=O)(=O)c1ccc(N)c(Cl)c1. The fraction of sp³-hybridized carbons (Fsp3) is 0.100. The van der Waals surface area contributed by atoms with Crippen molar-refractivity contribution in [1.82, 2.24) is 10.2 Å². The molecule has 1 heterocycles. The summed E-state index contributed by atoms with van der Waals surface area (Å²) in [4.78, 5) is -0.0127. The summed E-state index contributed by atoms with van der Waals surface area (Å²) in [5, 5.41) is 6.37. The van der Waals surface area contributed by atoms with Crippen molar-refractivity contribution in [2.45, 2.75) is 16.7 Å². The molecule has 0 atom stereocenters. The molecule has 0 aliphatic heterocycles. The molecule has 0 aliphatic carbocycles. The smallest absolute Gasteiger partial charge is 0.212 e. The van der Waals surface area contributed by atoms with E-state index in [1.54, 1.807) is 6.92 Å². The highest BCUT2D eigenvalue weighted by molar-refractivity contribution is 7.91. The lowest BCUT2D eigenvalue weighted by Gasteiger charge is -2.06. The van der Waals surface area contributed by atoms with Gasteiger partial charge in [-0.15, -0.1) is 0 Å². The Morgan fingerprint density at radius 3 is 2.50 bits per heavy atom. The van der Waals surface area contributed by atoms with Crippen LogP contribution in [0.3, 0.4) is 0 Å². The number of aromatic amines is 1. The van der Waals surface area contributed by atoms with Crippen molar-refractivity contribution < 1.29 is 8.42 Å². The standard InChI is InChI=1S/C10H11ClN4O2S/c1-5-9(10(13)15-14-5)18(16,17)6-2-3-8(12)7(11)4-6/h2-4H,12H2,1H3,(H3,13,14,15). The number of anilines is 2. The maximum Gasteiger partial charge on any atom is 0.212 e. The van der Waals surface area contributed by atoms with Crippen LogP contribution in [-0.4, -0.2) is 18.6 Å². The molecule has 2 rings (SSSR count). The molecule has 8 heteroatoms. The quantitative estimate of drug-likeness (QED) is 0.721. The van der Waals surface area contributed by atoms with Crippen LogP contribution in [0.5, 0.6) is 0 Å². The second-order valence-electron chi connectivity index (χ2n) is 3.75. The average Bonchev–Trinajstić information content (AvgIpc) is 2.62. The van der Waals surface area contributed by atoms with Gasteiger partial charge in [0.25, 0.3) is 0 Å². The second-order valence-corrected chi connectivity index (χ2v) is 6.04. The predicted octanol–water partition coefficient (Wildman–Crippen LogP) is 1.37. The van der Waals surface area contributed by atoms with Crippen LogP contribution in [0.2, 0.25) is 5.02 Å². The normalized spacial score (nSPS) is 11.7. The molecule has 1 aromatic carbocycles. The molecule has 0 unspecified atom stereocenters. The van der Waals surface area contributed by atoms with E-state index in [4.69, 9.17) is 23.1 Å². The summed E-state index contributed by atoms with van der Waals surface area (Å²) in [6.45, 7) is 1.58. The number of benzene rings is 1. The zero-order valence-corrected chi connectivity index (χ0v) is 11.0. The van der Waals surface area contributed by atoms with Crippen LogP contribution in [0.15, 0.2) is 28.0 Å². The maximum atomic E-state index is 12.4. The average molecular weight is 287 g/mol. The van der Waals surface area contributed by atoms with Crippen molar-refractivity contribution in [3.8, 4) is 0 Å². The Morgan fingerprint density at radius 1 is 1.33 bits per heavy atom. The molecule has 0 bridgehead atoms. The van der Waals surface area contributed by atoms with Crippen molar-refractivity contribution >= 4 is 32.9 Å². The van der Waals surface area contributed by atoms with E-state index in [0.29, 0.717) is 11.4 Å². The highest BCUT2D eigenvalue weighted by atomic mass is 35.5. The minimum Gasteiger partial charge on any atom is -0.398 e. The maximum absolute atomic E-state index is 12.4. The largest absolute Gasteiger partial charge is 0.398 e. The molecule has 2 aromatic rings. The van der Waals surface area contributed by atoms with Crippen molar-refractivity contribution in [1.29, 1.82) is 0 Å². The van der Waals surface area contributed by atoms with E-state index >= 15 is 0 Å². The van der Waals surface area contributed by atoms with Crippen molar-refractivity contribution in [2.24, 2.45) is 0 Å². The van der Waals surface area contributed by atoms with Crippen LogP contribution in [0.4, 0.5) is 11.5 Å². The number of hydrogen-bond acceptors (Lipinski definition) is 5. The van der Waals surface area contributed by atoms with Gasteiger partial charge >= 0.3 is 0 Å². The summed E-state index contributed by atoms with van der Waals surface area (Å²) < 4.78 is 24.7. The molecule has 0 radical (unpaired) electrons. The minimum atomic E-state index is -3.76. The van der Waals surface area contributed by atoms with E-state index in [1.165, 1.54) is 18.2 Å². The Balaban J connectivity index is 2.66. The molecule has 0 saturated heterocycles. The van der Waals surface area contributed by atoms with Crippen LogP contribution in [0.1, 0.15) is 5.69 Å². The molecule has 0 saturated carbocycles. The number of aromatic nitrogens is 2. The van der Waals surface area contributed by atoms with Crippen molar-refractivity contribution in [3.05, 3.63) is 28.9 Å². The Kier molecular flexibility index (Phi) is 2.95.